The summed E-state index contributed by atoms with van der Waals surface area (Å²) in [5.74, 6) is 1.51. The zero-order valence-electron chi connectivity index (χ0n) is 18.2. The Morgan fingerprint density at radius 2 is 1.73 bits per heavy atom. The second kappa shape index (κ2) is 9.37. The fraction of sp³-hybridized carbons (Fsp3) is 0.478. The number of hydrogen-bond acceptors (Lipinski definition) is 5. The van der Waals surface area contributed by atoms with E-state index in [0.717, 1.165) is 41.0 Å². The molecule has 3 rings (SSSR count). The van der Waals surface area contributed by atoms with Gasteiger partial charge in [-0.05, 0) is 62.9 Å². The third-order valence-electron chi connectivity index (χ3n) is 5.76. The molecule has 2 aromatic carbocycles. The molecule has 1 aliphatic heterocycles. The van der Waals surface area contributed by atoms with Crippen molar-refractivity contribution in [2.24, 2.45) is 0 Å². The summed E-state index contributed by atoms with van der Waals surface area (Å²) in [5.41, 5.74) is 2.25. The largest absolute Gasteiger partial charge is 0.496 e. The summed E-state index contributed by atoms with van der Waals surface area (Å²) in [6.07, 6.45) is 1.44. The molecule has 0 unspecified atom stereocenters. The van der Waals surface area contributed by atoms with E-state index in [1.165, 1.54) is 0 Å². The van der Waals surface area contributed by atoms with Crippen LogP contribution in [0.25, 0.3) is 0 Å². The third kappa shape index (κ3) is 4.63. The Bertz CT molecular complexity index is 958. The van der Waals surface area contributed by atoms with Crippen LogP contribution in [0.5, 0.6) is 11.5 Å². The van der Waals surface area contributed by atoms with Crippen LogP contribution in [0.1, 0.15) is 36.5 Å². The molecule has 1 aliphatic rings. The van der Waals surface area contributed by atoms with E-state index in [1.807, 2.05) is 45.0 Å². The van der Waals surface area contributed by atoms with Crippen molar-refractivity contribution in [1.82, 2.24) is 4.72 Å². The first-order valence-corrected chi connectivity index (χ1v) is 11.8. The molecule has 1 N–H and O–H groups in total. The molecule has 164 valence electrons. The summed E-state index contributed by atoms with van der Waals surface area (Å²) in [5, 5.41) is 0. The lowest BCUT2D eigenvalue weighted by Gasteiger charge is -2.38. The molecule has 0 aliphatic carbocycles. The van der Waals surface area contributed by atoms with Crippen LogP contribution in [-0.4, -0.2) is 41.9 Å². The number of rotatable bonds is 8. The normalized spacial score (nSPS) is 16.3. The van der Waals surface area contributed by atoms with Crippen molar-refractivity contribution in [2.75, 3.05) is 33.5 Å². The summed E-state index contributed by atoms with van der Waals surface area (Å²) in [4.78, 5) is 0.253. The molecular formula is C23H31NO5S. The second-order valence-corrected chi connectivity index (χ2v) is 9.50. The van der Waals surface area contributed by atoms with Gasteiger partial charge in [-0.3, -0.25) is 0 Å². The number of benzene rings is 2. The quantitative estimate of drug-likeness (QED) is 0.687. The summed E-state index contributed by atoms with van der Waals surface area (Å²) < 4.78 is 46.0. The summed E-state index contributed by atoms with van der Waals surface area (Å²) in [6, 6.07) is 11.2. The van der Waals surface area contributed by atoms with Gasteiger partial charge >= 0.3 is 0 Å². The Kier molecular flexibility index (Phi) is 7.06. The molecule has 1 saturated heterocycles. The molecule has 30 heavy (non-hydrogen) atoms. The van der Waals surface area contributed by atoms with Crippen LogP contribution >= 0.6 is 0 Å². The molecule has 1 fully saturated rings. The first-order valence-electron chi connectivity index (χ1n) is 10.3. The predicted molar refractivity (Wildman–Crippen MR) is 117 cm³/mol. The highest BCUT2D eigenvalue weighted by molar-refractivity contribution is 7.89. The maximum Gasteiger partial charge on any atom is 0.240 e. The lowest BCUT2D eigenvalue weighted by atomic mass is 9.74. The maximum absolute atomic E-state index is 13.2. The lowest BCUT2D eigenvalue weighted by molar-refractivity contribution is 0.0509. The molecule has 0 atom stereocenters. The van der Waals surface area contributed by atoms with E-state index in [2.05, 4.69) is 4.72 Å². The predicted octanol–water partition coefficient (Wildman–Crippen LogP) is 3.74. The van der Waals surface area contributed by atoms with Gasteiger partial charge in [-0.1, -0.05) is 18.2 Å². The minimum absolute atomic E-state index is 0.253. The van der Waals surface area contributed by atoms with Gasteiger partial charge in [0.25, 0.3) is 0 Å². The van der Waals surface area contributed by atoms with Crippen molar-refractivity contribution < 1.29 is 22.6 Å². The number of methoxy groups -OCH3 is 1. The van der Waals surface area contributed by atoms with Crippen molar-refractivity contribution >= 4 is 10.0 Å². The Balaban J connectivity index is 1.90. The fourth-order valence-corrected chi connectivity index (χ4v) is 5.44. The topological polar surface area (TPSA) is 73.9 Å². The van der Waals surface area contributed by atoms with Crippen LogP contribution in [0.4, 0.5) is 0 Å². The highest BCUT2D eigenvalue weighted by atomic mass is 32.2. The van der Waals surface area contributed by atoms with Gasteiger partial charge in [0, 0.05) is 30.7 Å². The average Bonchev–Trinajstić information content (AvgIpc) is 2.75. The molecule has 0 radical (unpaired) electrons. The van der Waals surface area contributed by atoms with Gasteiger partial charge in [0.1, 0.15) is 11.5 Å². The minimum Gasteiger partial charge on any atom is -0.496 e. The van der Waals surface area contributed by atoms with Crippen LogP contribution < -0.4 is 14.2 Å². The molecule has 0 bridgehead atoms. The van der Waals surface area contributed by atoms with Crippen LogP contribution in [0.3, 0.4) is 0 Å². The van der Waals surface area contributed by atoms with Crippen LogP contribution in [0, 0.1) is 13.8 Å². The van der Waals surface area contributed by atoms with Crippen LogP contribution in [0.15, 0.2) is 41.3 Å². The van der Waals surface area contributed by atoms with Crippen molar-refractivity contribution in [3.63, 3.8) is 0 Å². The molecule has 0 spiro atoms. The summed E-state index contributed by atoms with van der Waals surface area (Å²) in [6.45, 7) is 7.63. The highest BCUT2D eigenvalue weighted by Crippen LogP contribution is 2.39. The van der Waals surface area contributed by atoms with Gasteiger partial charge < -0.3 is 14.2 Å². The Hall–Kier alpha value is -2.09. The van der Waals surface area contributed by atoms with Gasteiger partial charge in [0.15, 0.2) is 0 Å². The number of nitrogens with one attached hydrogen (secondary N) is 1. The fourth-order valence-electron chi connectivity index (χ4n) is 4.14. The van der Waals surface area contributed by atoms with Crippen LogP contribution in [-0.2, 0) is 20.2 Å². The molecule has 7 heteroatoms. The number of ether oxygens (including phenoxy) is 3. The standard InChI is InChI=1S/C23H31NO5S/c1-5-29-22-17(2)14-19(15-18(22)3)30(25,26)24-16-23(10-12-28-13-11-23)20-8-6-7-9-21(20)27-4/h6-9,14-15,24H,5,10-13,16H2,1-4H3. The van der Waals surface area contributed by atoms with Gasteiger partial charge in [0.2, 0.25) is 10.0 Å². The van der Waals surface area contributed by atoms with E-state index in [1.54, 1.807) is 19.2 Å². The molecule has 0 saturated carbocycles. The number of sulfonamides is 1. The Labute approximate surface area is 179 Å². The third-order valence-corrected chi connectivity index (χ3v) is 7.14. The number of hydrogen-bond donors (Lipinski definition) is 1. The minimum atomic E-state index is -3.69. The van der Waals surface area contributed by atoms with Gasteiger partial charge in [-0.25, -0.2) is 13.1 Å². The molecule has 0 aromatic heterocycles. The lowest BCUT2D eigenvalue weighted by Crippen LogP contribution is -2.44. The highest BCUT2D eigenvalue weighted by Gasteiger charge is 2.38. The first kappa shape index (κ1) is 22.6. The van der Waals surface area contributed by atoms with E-state index in [9.17, 15) is 8.42 Å². The second-order valence-electron chi connectivity index (χ2n) is 7.74. The van der Waals surface area contributed by atoms with E-state index in [-0.39, 0.29) is 16.9 Å². The molecule has 0 amide bonds. The van der Waals surface area contributed by atoms with E-state index < -0.39 is 10.0 Å². The molecule has 2 aromatic rings. The van der Waals surface area contributed by atoms with Crippen molar-refractivity contribution in [3.05, 3.63) is 53.1 Å². The van der Waals surface area contributed by atoms with Crippen LogP contribution in [0.2, 0.25) is 0 Å². The first-order chi connectivity index (χ1) is 14.3. The maximum atomic E-state index is 13.2. The van der Waals surface area contributed by atoms with Gasteiger partial charge in [-0.15, -0.1) is 0 Å². The molecule has 1 heterocycles. The Morgan fingerprint density at radius 3 is 2.33 bits per heavy atom. The zero-order valence-corrected chi connectivity index (χ0v) is 19.0. The molecular weight excluding hydrogens is 402 g/mol. The summed E-state index contributed by atoms with van der Waals surface area (Å²) in [7, 11) is -2.05. The number of aryl methyl sites for hydroxylation is 2. The Morgan fingerprint density at radius 1 is 1.10 bits per heavy atom. The van der Waals surface area contributed by atoms with Crippen molar-refractivity contribution in [2.45, 2.75) is 43.9 Å². The number of para-hydroxylation sites is 1. The smallest absolute Gasteiger partial charge is 0.240 e. The zero-order chi connectivity index (χ0) is 21.8. The average molecular weight is 434 g/mol. The summed E-state index contributed by atoms with van der Waals surface area (Å²) >= 11 is 0. The monoisotopic (exact) mass is 433 g/mol. The van der Waals surface area contributed by atoms with Crippen molar-refractivity contribution in [3.8, 4) is 11.5 Å². The van der Waals surface area contributed by atoms with E-state index >= 15 is 0 Å². The van der Waals surface area contributed by atoms with Crippen molar-refractivity contribution in [1.29, 1.82) is 0 Å². The van der Waals surface area contributed by atoms with E-state index in [0.29, 0.717) is 19.8 Å². The van der Waals surface area contributed by atoms with E-state index in [4.69, 9.17) is 14.2 Å². The van der Waals surface area contributed by atoms with Gasteiger partial charge in [0.05, 0.1) is 18.6 Å². The van der Waals surface area contributed by atoms with Gasteiger partial charge in [-0.2, -0.15) is 0 Å². The SMILES string of the molecule is CCOc1c(C)cc(S(=O)(=O)NCC2(c3ccccc3OC)CCOCC2)cc1C. The molecule has 6 nitrogen and oxygen atoms in total.